The van der Waals surface area contributed by atoms with E-state index in [0.717, 1.165) is 12.1 Å². The maximum atomic E-state index is 9.52. The predicted octanol–water partition coefficient (Wildman–Crippen LogP) is 1.50. The lowest BCUT2D eigenvalue weighted by Crippen LogP contribution is -2.11. The van der Waals surface area contributed by atoms with Crippen molar-refractivity contribution in [2.24, 2.45) is 0 Å². The fourth-order valence-electron chi connectivity index (χ4n) is 1.31. The highest BCUT2D eigenvalue weighted by atomic mass is 16.5. The maximum absolute atomic E-state index is 9.52. The number of hydrogen-bond donors (Lipinski definition) is 1. The van der Waals surface area contributed by atoms with Crippen LogP contribution in [0.1, 0.15) is 31.8 Å². The minimum atomic E-state index is -0.339. The summed E-state index contributed by atoms with van der Waals surface area (Å²) in [4.78, 5) is 8.39. The largest absolute Gasteiger partial charge is 0.478 e. The zero-order valence-electron chi connectivity index (χ0n) is 9.53. The number of rotatable bonds is 5. The molecule has 0 bridgehead atoms. The highest BCUT2D eigenvalue weighted by Crippen LogP contribution is 2.11. The molecule has 0 aliphatic heterocycles. The molecule has 15 heavy (non-hydrogen) atoms. The van der Waals surface area contributed by atoms with Crippen molar-refractivity contribution in [2.45, 2.75) is 39.7 Å². The summed E-state index contributed by atoms with van der Waals surface area (Å²) < 4.78 is 5.31. The van der Waals surface area contributed by atoms with Gasteiger partial charge in [-0.2, -0.15) is 4.98 Å². The molecule has 1 aromatic rings. The van der Waals surface area contributed by atoms with Crippen LogP contribution in [0.3, 0.4) is 0 Å². The lowest BCUT2D eigenvalue weighted by molar-refractivity contribution is 0.169. The van der Waals surface area contributed by atoms with Gasteiger partial charge in [0.1, 0.15) is 5.82 Å². The van der Waals surface area contributed by atoms with E-state index in [9.17, 15) is 5.11 Å². The first-order valence-corrected chi connectivity index (χ1v) is 5.31. The molecular formula is C11H18N2O2. The van der Waals surface area contributed by atoms with Crippen molar-refractivity contribution in [3.8, 4) is 5.88 Å². The Hall–Kier alpha value is -1.16. The van der Waals surface area contributed by atoms with Gasteiger partial charge < -0.3 is 9.84 Å². The van der Waals surface area contributed by atoms with Gasteiger partial charge in [-0.15, -0.1) is 0 Å². The van der Waals surface area contributed by atoms with E-state index in [1.165, 1.54) is 0 Å². The molecule has 0 saturated carbocycles. The molecule has 0 aliphatic carbocycles. The van der Waals surface area contributed by atoms with Gasteiger partial charge in [0.15, 0.2) is 0 Å². The normalized spacial score (nSPS) is 12.5. The number of hydrogen-bond acceptors (Lipinski definition) is 4. The third kappa shape index (κ3) is 3.83. The molecule has 84 valence electrons. The molecule has 4 heteroatoms. The minimum absolute atomic E-state index is 0.339. The van der Waals surface area contributed by atoms with E-state index < -0.39 is 0 Å². The molecule has 0 fully saturated rings. The van der Waals surface area contributed by atoms with Crippen molar-refractivity contribution in [2.75, 3.05) is 6.61 Å². The fraction of sp³-hybridized carbons (Fsp3) is 0.636. The first-order chi connectivity index (χ1) is 7.15. The summed E-state index contributed by atoms with van der Waals surface area (Å²) in [5.41, 5.74) is 0.834. The quantitative estimate of drug-likeness (QED) is 0.800. The average molecular weight is 210 g/mol. The van der Waals surface area contributed by atoms with Crippen LogP contribution in [0.25, 0.3) is 0 Å². The molecule has 1 N–H and O–H groups in total. The maximum Gasteiger partial charge on any atom is 0.216 e. The van der Waals surface area contributed by atoms with E-state index in [-0.39, 0.29) is 6.10 Å². The summed E-state index contributed by atoms with van der Waals surface area (Å²) in [7, 11) is 0. The van der Waals surface area contributed by atoms with Crippen LogP contribution in [-0.4, -0.2) is 27.8 Å². The molecular weight excluding hydrogens is 192 g/mol. The molecule has 0 spiro atoms. The number of aliphatic hydroxyl groups is 1. The highest BCUT2D eigenvalue weighted by molar-refractivity contribution is 5.16. The smallest absolute Gasteiger partial charge is 0.216 e. The first-order valence-electron chi connectivity index (χ1n) is 5.31. The molecule has 0 radical (unpaired) electrons. The van der Waals surface area contributed by atoms with Crippen LogP contribution in [0.5, 0.6) is 5.88 Å². The van der Waals surface area contributed by atoms with Crippen LogP contribution in [0.15, 0.2) is 6.07 Å². The van der Waals surface area contributed by atoms with E-state index in [4.69, 9.17) is 4.74 Å². The number of aromatic nitrogens is 2. The van der Waals surface area contributed by atoms with Gasteiger partial charge in [-0.3, -0.25) is 0 Å². The minimum Gasteiger partial charge on any atom is -0.478 e. The van der Waals surface area contributed by atoms with Gasteiger partial charge in [0.25, 0.3) is 0 Å². The third-order valence-electron chi connectivity index (χ3n) is 2.08. The van der Waals surface area contributed by atoms with Crippen LogP contribution in [-0.2, 0) is 6.42 Å². The molecule has 1 unspecified atom stereocenters. The van der Waals surface area contributed by atoms with Crippen molar-refractivity contribution >= 4 is 0 Å². The van der Waals surface area contributed by atoms with E-state index >= 15 is 0 Å². The van der Waals surface area contributed by atoms with Crippen LogP contribution in [0.4, 0.5) is 0 Å². The van der Waals surface area contributed by atoms with Gasteiger partial charge in [-0.05, 0) is 20.3 Å². The Bertz CT molecular complexity index is 315. The number of ether oxygens (including phenoxy) is 1. The van der Waals surface area contributed by atoms with Crippen LogP contribution >= 0.6 is 0 Å². The summed E-state index contributed by atoms with van der Waals surface area (Å²) in [5.74, 6) is 1.27. The highest BCUT2D eigenvalue weighted by Gasteiger charge is 2.07. The Morgan fingerprint density at radius 3 is 2.73 bits per heavy atom. The van der Waals surface area contributed by atoms with Gasteiger partial charge in [-0.25, -0.2) is 4.98 Å². The average Bonchev–Trinajstić information content (AvgIpc) is 2.17. The first kappa shape index (κ1) is 11.9. The Morgan fingerprint density at radius 1 is 1.40 bits per heavy atom. The number of nitrogens with zero attached hydrogens (tertiary/aromatic N) is 2. The second-order valence-corrected chi connectivity index (χ2v) is 3.44. The summed E-state index contributed by atoms with van der Waals surface area (Å²) >= 11 is 0. The molecule has 1 atom stereocenters. The standard InChI is InChI=1S/C11H18N2O2/c1-4-10(14)6-9-7-11(15-5-2)13-8(3)12-9/h7,10,14H,4-6H2,1-3H3. The lowest BCUT2D eigenvalue weighted by Gasteiger charge is -2.09. The second kappa shape index (κ2) is 5.66. The molecule has 0 aliphatic rings. The van der Waals surface area contributed by atoms with E-state index in [1.54, 1.807) is 6.07 Å². The summed E-state index contributed by atoms with van der Waals surface area (Å²) in [6.07, 6.45) is 0.946. The predicted molar refractivity (Wildman–Crippen MR) is 57.9 cm³/mol. The fourth-order valence-corrected chi connectivity index (χ4v) is 1.31. The Morgan fingerprint density at radius 2 is 2.13 bits per heavy atom. The van der Waals surface area contributed by atoms with Crippen molar-refractivity contribution in [1.29, 1.82) is 0 Å². The van der Waals surface area contributed by atoms with Crippen molar-refractivity contribution in [3.63, 3.8) is 0 Å². The molecule has 1 rings (SSSR count). The summed E-state index contributed by atoms with van der Waals surface area (Å²) in [6.45, 7) is 6.27. The summed E-state index contributed by atoms with van der Waals surface area (Å²) in [6, 6.07) is 1.79. The van der Waals surface area contributed by atoms with Crippen molar-refractivity contribution < 1.29 is 9.84 Å². The number of aryl methyl sites for hydroxylation is 1. The summed E-state index contributed by atoms with van der Waals surface area (Å²) in [5, 5.41) is 9.52. The zero-order chi connectivity index (χ0) is 11.3. The molecule has 4 nitrogen and oxygen atoms in total. The Kier molecular flexibility index (Phi) is 4.49. The van der Waals surface area contributed by atoms with E-state index in [2.05, 4.69) is 9.97 Å². The van der Waals surface area contributed by atoms with Crippen molar-refractivity contribution in [3.05, 3.63) is 17.6 Å². The van der Waals surface area contributed by atoms with Gasteiger partial charge in [0, 0.05) is 12.5 Å². The van der Waals surface area contributed by atoms with Crippen LogP contribution in [0, 0.1) is 6.92 Å². The Balaban J connectivity index is 2.78. The number of aliphatic hydroxyl groups excluding tert-OH is 1. The molecule has 1 aromatic heterocycles. The molecule has 1 heterocycles. The Labute approximate surface area is 90.3 Å². The van der Waals surface area contributed by atoms with Gasteiger partial charge in [-0.1, -0.05) is 6.92 Å². The molecule has 0 aromatic carbocycles. The van der Waals surface area contributed by atoms with Gasteiger partial charge >= 0.3 is 0 Å². The SMILES string of the molecule is CCOc1cc(CC(O)CC)nc(C)n1. The third-order valence-corrected chi connectivity index (χ3v) is 2.08. The lowest BCUT2D eigenvalue weighted by atomic mass is 10.1. The van der Waals surface area contributed by atoms with E-state index in [0.29, 0.717) is 24.7 Å². The topological polar surface area (TPSA) is 55.2 Å². The van der Waals surface area contributed by atoms with Crippen LogP contribution in [0.2, 0.25) is 0 Å². The second-order valence-electron chi connectivity index (χ2n) is 3.44. The molecule has 0 saturated heterocycles. The van der Waals surface area contributed by atoms with Crippen molar-refractivity contribution in [1.82, 2.24) is 9.97 Å². The van der Waals surface area contributed by atoms with Gasteiger partial charge in [0.2, 0.25) is 5.88 Å². The van der Waals surface area contributed by atoms with E-state index in [1.807, 2.05) is 20.8 Å². The zero-order valence-corrected chi connectivity index (χ0v) is 9.53. The van der Waals surface area contributed by atoms with Gasteiger partial charge in [0.05, 0.1) is 18.4 Å². The molecule has 0 amide bonds. The monoisotopic (exact) mass is 210 g/mol. The van der Waals surface area contributed by atoms with Crippen LogP contribution < -0.4 is 4.74 Å².